The molecule has 1 aromatic heterocycles. The van der Waals surface area contributed by atoms with Crippen molar-refractivity contribution in [3.63, 3.8) is 0 Å². The molecule has 0 spiro atoms. The summed E-state index contributed by atoms with van der Waals surface area (Å²) in [6.07, 6.45) is 1.03. The average molecular weight is 358 g/mol. The summed E-state index contributed by atoms with van der Waals surface area (Å²) in [7, 11) is 0. The van der Waals surface area contributed by atoms with Crippen LogP contribution in [0.2, 0.25) is 0 Å². The zero-order valence-corrected chi connectivity index (χ0v) is 14.2. The molecular formula is C19H16F2N2OS. The highest BCUT2D eigenvalue weighted by molar-refractivity contribution is 7.09. The van der Waals surface area contributed by atoms with Crippen molar-refractivity contribution in [2.75, 3.05) is 6.54 Å². The number of thiazole rings is 1. The first-order chi connectivity index (χ1) is 12.1. The van der Waals surface area contributed by atoms with Gasteiger partial charge in [-0.2, -0.15) is 0 Å². The Balaban J connectivity index is 1.53. The Morgan fingerprint density at radius 2 is 1.76 bits per heavy atom. The van der Waals surface area contributed by atoms with Crippen molar-refractivity contribution in [2.24, 2.45) is 0 Å². The summed E-state index contributed by atoms with van der Waals surface area (Å²) < 4.78 is 26.2. The maximum absolute atomic E-state index is 13.1. The predicted molar refractivity (Wildman–Crippen MR) is 93.8 cm³/mol. The first kappa shape index (κ1) is 17.2. The number of hydrogen-bond donors (Lipinski definition) is 1. The van der Waals surface area contributed by atoms with Gasteiger partial charge in [0.15, 0.2) is 0 Å². The van der Waals surface area contributed by atoms with Crippen LogP contribution in [-0.2, 0) is 12.8 Å². The van der Waals surface area contributed by atoms with E-state index in [1.807, 2.05) is 30.3 Å². The van der Waals surface area contributed by atoms with Crippen LogP contribution in [-0.4, -0.2) is 17.4 Å². The van der Waals surface area contributed by atoms with E-state index in [2.05, 4.69) is 10.3 Å². The molecule has 6 heteroatoms. The predicted octanol–water partition coefficient (Wildman–Crippen LogP) is 3.98. The maximum Gasteiger partial charge on any atom is 0.270 e. The van der Waals surface area contributed by atoms with Gasteiger partial charge in [-0.3, -0.25) is 4.79 Å². The van der Waals surface area contributed by atoms with Gasteiger partial charge in [0, 0.05) is 24.4 Å². The SMILES string of the molecule is O=C(NCCc1cc(F)cc(F)c1)c1csc(Cc2ccccc2)n1. The van der Waals surface area contributed by atoms with Crippen LogP contribution in [0, 0.1) is 11.6 Å². The zero-order chi connectivity index (χ0) is 17.6. The summed E-state index contributed by atoms with van der Waals surface area (Å²) in [5.41, 5.74) is 2.00. The quantitative estimate of drug-likeness (QED) is 0.724. The summed E-state index contributed by atoms with van der Waals surface area (Å²) in [5.74, 6) is -1.52. The van der Waals surface area contributed by atoms with Gasteiger partial charge in [0.2, 0.25) is 0 Å². The topological polar surface area (TPSA) is 42.0 Å². The molecule has 0 atom stereocenters. The van der Waals surface area contributed by atoms with Crippen LogP contribution in [0.1, 0.15) is 26.6 Å². The number of nitrogens with zero attached hydrogens (tertiary/aromatic N) is 1. The van der Waals surface area contributed by atoms with E-state index in [0.29, 0.717) is 24.1 Å². The lowest BCUT2D eigenvalue weighted by Gasteiger charge is -2.04. The molecule has 0 aliphatic heterocycles. The lowest BCUT2D eigenvalue weighted by molar-refractivity contribution is 0.0949. The Bertz CT molecular complexity index is 845. The second-order valence-corrected chi connectivity index (χ2v) is 6.52. The van der Waals surface area contributed by atoms with Crippen LogP contribution in [0.15, 0.2) is 53.9 Å². The third-order valence-corrected chi connectivity index (χ3v) is 4.45. The number of carbonyl (C=O) groups excluding carboxylic acids is 1. The molecule has 1 N–H and O–H groups in total. The van der Waals surface area contributed by atoms with E-state index in [4.69, 9.17) is 0 Å². The fraction of sp³-hybridized carbons (Fsp3) is 0.158. The highest BCUT2D eigenvalue weighted by Gasteiger charge is 2.11. The molecule has 3 nitrogen and oxygen atoms in total. The molecule has 0 aliphatic rings. The Hall–Kier alpha value is -2.60. The first-order valence-electron chi connectivity index (χ1n) is 7.81. The molecule has 0 saturated heterocycles. The number of rotatable bonds is 6. The van der Waals surface area contributed by atoms with Crippen LogP contribution in [0.5, 0.6) is 0 Å². The second-order valence-electron chi connectivity index (χ2n) is 5.57. The summed E-state index contributed by atoms with van der Waals surface area (Å²) >= 11 is 1.44. The van der Waals surface area contributed by atoms with E-state index < -0.39 is 11.6 Å². The van der Waals surface area contributed by atoms with Gasteiger partial charge in [0.05, 0.1) is 5.01 Å². The number of carbonyl (C=O) groups is 1. The van der Waals surface area contributed by atoms with Gasteiger partial charge in [0.1, 0.15) is 17.3 Å². The molecule has 0 radical (unpaired) electrons. The highest BCUT2D eigenvalue weighted by atomic mass is 32.1. The van der Waals surface area contributed by atoms with E-state index >= 15 is 0 Å². The number of nitrogens with one attached hydrogen (secondary N) is 1. The number of amides is 1. The Labute approximate surface area is 148 Å². The van der Waals surface area contributed by atoms with Crippen molar-refractivity contribution < 1.29 is 13.6 Å². The minimum absolute atomic E-state index is 0.285. The van der Waals surface area contributed by atoms with Crippen LogP contribution in [0.25, 0.3) is 0 Å². The lowest BCUT2D eigenvalue weighted by Crippen LogP contribution is -2.26. The normalized spacial score (nSPS) is 10.6. The van der Waals surface area contributed by atoms with E-state index in [-0.39, 0.29) is 12.5 Å². The van der Waals surface area contributed by atoms with E-state index in [1.54, 1.807) is 5.38 Å². The van der Waals surface area contributed by atoms with E-state index in [1.165, 1.54) is 23.5 Å². The molecule has 2 aromatic carbocycles. The smallest absolute Gasteiger partial charge is 0.270 e. The zero-order valence-electron chi connectivity index (χ0n) is 13.3. The largest absolute Gasteiger partial charge is 0.350 e. The molecule has 3 rings (SSSR count). The van der Waals surface area contributed by atoms with E-state index in [9.17, 15) is 13.6 Å². The van der Waals surface area contributed by atoms with Gasteiger partial charge in [0.25, 0.3) is 5.91 Å². The molecule has 3 aromatic rings. The Morgan fingerprint density at radius 1 is 1.04 bits per heavy atom. The van der Waals surface area contributed by atoms with Crippen molar-refractivity contribution in [3.8, 4) is 0 Å². The van der Waals surface area contributed by atoms with Crippen molar-refractivity contribution in [2.45, 2.75) is 12.8 Å². The maximum atomic E-state index is 13.1. The molecule has 128 valence electrons. The van der Waals surface area contributed by atoms with Crippen molar-refractivity contribution >= 4 is 17.2 Å². The van der Waals surface area contributed by atoms with Crippen molar-refractivity contribution in [1.29, 1.82) is 0 Å². The van der Waals surface area contributed by atoms with Gasteiger partial charge < -0.3 is 5.32 Å². The average Bonchev–Trinajstić information content (AvgIpc) is 3.03. The molecule has 0 saturated carbocycles. The summed E-state index contributed by atoms with van der Waals surface area (Å²) in [4.78, 5) is 16.5. The van der Waals surface area contributed by atoms with Crippen LogP contribution in [0.4, 0.5) is 8.78 Å². The Morgan fingerprint density at radius 3 is 2.48 bits per heavy atom. The molecule has 0 fully saturated rings. The van der Waals surface area contributed by atoms with Crippen molar-refractivity contribution in [3.05, 3.63) is 87.4 Å². The second kappa shape index (κ2) is 7.98. The first-order valence-corrected chi connectivity index (χ1v) is 8.69. The molecular weight excluding hydrogens is 342 g/mol. The number of benzene rings is 2. The van der Waals surface area contributed by atoms with Gasteiger partial charge in [-0.15, -0.1) is 11.3 Å². The fourth-order valence-electron chi connectivity index (χ4n) is 2.43. The number of halogens is 2. The standard InChI is InChI=1S/C19H16F2N2OS/c20-15-8-14(9-16(21)11-15)6-7-22-19(24)17-12-25-18(23-17)10-13-4-2-1-3-5-13/h1-5,8-9,11-12H,6-7,10H2,(H,22,24). The summed E-state index contributed by atoms with van der Waals surface area (Å²) in [6, 6.07) is 13.3. The van der Waals surface area contributed by atoms with Crippen LogP contribution in [0.3, 0.4) is 0 Å². The monoisotopic (exact) mass is 358 g/mol. The van der Waals surface area contributed by atoms with Gasteiger partial charge in [-0.25, -0.2) is 13.8 Å². The van der Waals surface area contributed by atoms with Gasteiger partial charge in [-0.05, 0) is 29.7 Å². The minimum atomic E-state index is -0.619. The highest BCUT2D eigenvalue weighted by Crippen LogP contribution is 2.15. The van der Waals surface area contributed by atoms with E-state index in [0.717, 1.165) is 16.6 Å². The third kappa shape index (κ3) is 4.93. The summed E-state index contributed by atoms with van der Waals surface area (Å²) in [5, 5.41) is 5.31. The lowest BCUT2D eigenvalue weighted by atomic mass is 10.1. The van der Waals surface area contributed by atoms with Crippen LogP contribution >= 0.6 is 11.3 Å². The molecule has 25 heavy (non-hydrogen) atoms. The van der Waals surface area contributed by atoms with Gasteiger partial charge >= 0.3 is 0 Å². The third-order valence-electron chi connectivity index (χ3n) is 3.60. The molecule has 0 bridgehead atoms. The van der Waals surface area contributed by atoms with Crippen molar-refractivity contribution in [1.82, 2.24) is 10.3 Å². The molecule has 0 aliphatic carbocycles. The number of hydrogen-bond acceptors (Lipinski definition) is 3. The summed E-state index contributed by atoms with van der Waals surface area (Å²) in [6.45, 7) is 0.285. The van der Waals surface area contributed by atoms with Gasteiger partial charge in [-0.1, -0.05) is 30.3 Å². The molecule has 0 unspecified atom stereocenters. The fourth-order valence-corrected chi connectivity index (χ4v) is 3.24. The van der Waals surface area contributed by atoms with Crippen LogP contribution < -0.4 is 5.32 Å². The Kier molecular flexibility index (Phi) is 5.50. The molecule has 1 amide bonds. The minimum Gasteiger partial charge on any atom is -0.350 e. The molecule has 1 heterocycles. The number of aromatic nitrogens is 1.